The molecular weight excluding hydrogens is 1380 g/mol. The Kier molecular flexibility index (Phi) is 20.7. The highest BCUT2D eigenvalue weighted by Crippen LogP contribution is 2.51. The molecule has 4 atom stereocenters. The molecule has 8 heterocycles. The number of carbonyl (C=O) groups is 4. The predicted octanol–water partition coefficient (Wildman–Crippen LogP) is 14.2. The van der Waals surface area contributed by atoms with Crippen molar-refractivity contribution < 1.29 is 82.1 Å². The van der Waals surface area contributed by atoms with Crippen LogP contribution < -0.4 is 9.80 Å². The number of anilines is 2. The van der Waals surface area contributed by atoms with Gasteiger partial charge in [0.2, 0.25) is 0 Å². The molecule has 4 saturated heterocycles. The molecule has 2 amide bonds. The van der Waals surface area contributed by atoms with E-state index in [1.54, 1.807) is 9.80 Å². The van der Waals surface area contributed by atoms with Crippen LogP contribution in [-0.4, -0.2) is 150 Å². The number of amides is 2. The number of aromatic nitrogens is 6. The van der Waals surface area contributed by atoms with Crippen LogP contribution in [0.1, 0.15) is 188 Å². The topological polar surface area (TPSA) is 183 Å². The van der Waals surface area contributed by atoms with Crippen molar-refractivity contribution in [3.63, 3.8) is 0 Å². The van der Waals surface area contributed by atoms with Crippen molar-refractivity contribution in [1.82, 2.24) is 39.3 Å². The summed E-state index contributed by atoms with van der Waals surface area (Å²) in [6.07, 6.45) is -17.9. The molecule has 0 unspecified atom stereocenters. The van der Waals surface area contributed by atoms with Gasteiger partial charge in [-0.3, -0.25) is 28.5 Å². The summed E-state index contributed by atoms with van der Waals surface area (Å²) in [5, 5.41) is 31.2. The minimum Gasteiger partial charge on any atom is -0.384 e. The van der Waals surface area contributed by atoms with Crippen LogP contribution in [-0.2, 0) is 34.8 Å². The third-order valence-corrected chi connectivity index (χ3v) is 21.0. The Balaban J connectivity index is 0.000000185. The molecule has 28 heteroatoms. The quantitative estimate of drug-likeness (QED) is 0.111. The smallest absolute Gasteiger partial charge is 0.384 e. The number of rotatable bonds is 12. The lowest BCUT2D eigenvalue weighted by Crippen LogP contribution is -2.43. The fourth-order valence-electron chi connectivity index (χ4n) is 15.8. The lowest BCUT2D eigenvalue weighted by Gasteiger charge is -2.35. The number of pyridine rings is 2. The fourth-order valence-corrected chi connectivity index (χ4v) is 15.8. The van der Waals surface area contributed by atoms with E-state index in [0.717, 1.165) is 35.1 Å². The summed E-state index contributed by atoms with van der Waals surface area (Å²) >= 11 is 0. The van der Waals surface area contributed by atoms with Crippen molar-refractivity contribution in [2.75, 3.05) is 62.2 Å². The van der Waals surface area contributed by atoms with Gasteiger partial charge in [0.1, 0.15) is 47.8 Å². The van der Waals surface area contributed by atoms with Gasteiger partial charge in [0, 0.05) is 87.7 Å². The van der Waals surface area contributed by atoms with E-state index in [1.165, 1.54) is 31.3 Å². The van der Waals surface area contributed by atoms with Gasteiger partial charge in [-0.05, 0) is 98.6 Å². The number of carbonyl (C=O) groups excluding carboxylic acids is 4. The number of ketones is 2. The maximum atomic E-state index is 14.8. The maximum Gasteiger partial charge on any atom is 0.418 e. The molecule has 0 saturated carbocycles. The standard InChI is InChI=1S/2C38H37F6N5O3/c2*39-37(40,41)27-22-45-30(20-26(27)36(52)48-16-8-3-9-17-48)47-18-14-23(15-19-47)33-31-28(21-29(50)35(51)32(31)38(42,43)44)49(46-33)34(24-10-4-1-5-11-24)25-12-6-2-7-13-25/h2*1-2,4-7,10-13,20,22-23,32,34-35,51H,3,8-9,14-19,21H2/t2*32-,35+/m10/s1. The molecule has 16 nitrogen and oxygen atoms in total. The summed E-state index contributed by atoms with van der Waals surface area (Å²) in [7, 11) is 0. The van der Waals surface area contributed by atoms with Crippen molar-refractivity contribution in [3.05, 3.63) is 224 Å². The summed E-state index contributed by atoms with van der Waals surface area (Å²) in [5.41, 5.74) is -0.141. The summed E-state index contributed by atoms with van der Waals surface area (Å²) < 4.78 is 176. The lowest BCUT2D eigenvalue weighted by molar-refractivity contribution is -0.179. The van der Waals surface area contributed by atoms with Crippen LogP contribution in [0.4, 0.5) is 64.3 Å². The van der Waals surface area contributed by atoms with Crippen LogP contribution in [0.5, 0.6) is 0 Å². The molecule has 2 aliphatic carbocycles. The minimum atomic E-state index is -4.95. The SMILES string of the molecule is O=C1Cc2c(c(C3CCN(c4cc(C(=O)N5CCCCC5)c(C(F)(F)F)cn4)CC3)nn2C(c2ccccc2)c2ccccc2)[C@@H](C(F)(F)F)[C@H]1O.O=C1Cc2c(c(C3CCN(c4cc(C(=O)N5CCCCC5)c(C(F)(F)F)cn4)CC3)nn2C(c2ccccc2)c2ccccc2)[C@H](C(F)(F)F)[C@@H]1O. The summed E-state index contributed by atoms with van der Waals surface area (Å²) in [6, 6.07) is 37.5. The highest BCUT2D eigenvalue weighted by atomic mass is 19.4. The monoisotopic (exact) mass is 1450 g/mol. The largest absolute Gasteiger partial charge is 0.418 e. The van der Waals surface area contributed by atoms with E-state index in [4.69, 9.17) is 10.2 Å². The first kappa shape index (κ1) is 72.9. The predicted molar refractivity (Wildman–Crippen MR) is 358 cm³/mol. The van der Waals surface area contributed by atoms with Gasteiger partial charge in [-0.1, -0.05) is 121 Å². The molecule has 0 bridgehead atoms. The number of aliphatic hydroxyl groups excluding tert-OH is 2. The second-order valence-corrected chi connectivity index (χ2v) is 27.4. The number of aliphatic hydroxyl groups is 2. The molecule has 4 aromatic carbocycles. The summed E-state index contributed by atoms with van der Waals surface area (Å²) in [6.45, 7) is 2.30. The highest BCUT2D eigenvalue weighted by molar-refractivity contribution is 5.97. The normalized spacial score (nSPS) is 20.3. The van der Waals surface area contributed by atoms with Gasteiger partial charge < -0.3 is 29.8 Å². The minimum absolute atomic E-state index is 0.0954. The van der Waals surface area contributed by atoms with E-state index in [1.807, 2.05) is 121 Å². The number of nitrogens with zero attached hydrogens (tertiary/aromatic N) is 10. The number of likely N-dealkylation sites (tertiary alicyclic amines) is 2. The number of piperidine rings is 4. The Morgan fingerprint density at radius 1 is 0.423 bits per heavy atom. The van der Waals surface area contributed by atoms with Crippen LogP contribution in [0.25, 0.3) is 0 Å². The van der Waals surface area contributed by atoms with E-state index in [-0.39, 0.29) is 97.4 Å². The molecular formula is C76H74F12N10O6. The lowest BCUT2D eigenvalue weighted by atomic mass is 9.78. The zero-order valence-electron chi connectivity index (χ0n) is 56.2. The molecule has 6 aliphatic rings. The number of Topliss-reactive ketones (excluding diaryl/α,β-unsaturated/α-hetero) is 2. The van der Waals surface area contributed by atoms with Crippen LogP contribution in [0.15, 0.2) is 146 Å². The second kappa shape index (κ2) is 29.6. The van der Waals surface area contributed by atoms with E-state index in [9.17, 15) is 82.1 Å². The van der Waals surface area contributed by atoms with Crippen LogP contribution in [0.2, 0.25) is 0 Å². The van der Waals surface area contributed by atoms with Crippen LogP contribution in [0.3, 0.4) is 0 Å². The molecule has 104 heavy (non-hydrogen) atoms. The Labute approximate surface area is 590 Å². The first-order valence-electron chi connectivity index (χ1n) is 34.9. The Morgan fingerprint density at radius 3 is 1.00 bits per heavy atom. The highest BCUT2D eigenvalue weighted by Gasteiger charge is 2.57. The van der Waals surface area contributed by atoms with E-state index >= 15 is 0 Å². The van der Waals surface area contributed by atoms with Gasteiger partial charge in [0.25, 0.3) is 11.8 Å². The molecule has 4 aliphatic heterocycles. The van der Waals surface area contributed by atoms with Gasteiger partial charge in [-0.2, -0.15) is 62.9 Å². The van der Waals surface area contributed by atoms with Crippen molar-refractivity contribution in [3.8, 4) is 0 Å². The van der Waals surface area contributed by atoms with Crippen molar-refractivity contribution in [2.24, 2.45) is 0 Å². The average molecular weight is 1450 g/mol. The van der Waals surface area contributed by atoms with Gasteiger partial charge >= 0.3 is 24.7 Å². The first-order valence-corrected chi connectivity index (χ1v) is 34.9. The molecule has 2 N–H and O–H groups in total. The van der Waals surface area contributed by atoms with Gasteiger partial charge in [0.15, 0.2) is 11.6 Å². The van der Waals surface area contributed by atoms with Gasteiger partial charge in [0.05, 0.1) is 57.9 Å². The van der Waals surface area contributed by atoms with Crippen LogP contribution >= 0.6 is 0 Å². The number of hydrogen-bond donors (Lipinski definition) is 2. The molecule has 0 radical (unpaired) electrons. The second-order valence-electron chi connectivity index (χ2n) is 27.4. The average Bonchev–Trinajstić information content (AvgIpc) is 1.57. The summed E-state index contributed by atoms with van der Waals surface area (Å²) in [5.74, 6) is -8.99. The Morgan fingerprint density at radius 2 is 0.721 bits per heavy atom. The molecule has 14 rings (SSSR count). The number of benzene rings is 4. The Hall–Kier alpha value is -9.44. The number of hydrogen-bond acceptors (Lipinski definition) is 12. The maximum absolute atomic E-state index is 14.8. The first-order chi connectivity index (χ1) is 49.6. The molecule has 4 fully saturated rings. The number of halogens is 12. The molecule has 4 aromatic heterocycles. The van der Waals surface area contributed by atoms with Gasteiger partial charge in [-0.25, -0.2) is 9.97 Å². The zero-order valence-corrected chi connectivity index (χ0v) is 56.2. The molecule has 8 aromatic rings. The van der Waals surface area contributed by atoms with E-state index in [0.29, 0.717) is 64.3 Å². The fraction of sp³-hybridized carbons (Fsp3) is 0.421. The third kappa shape index (κ3) is 14.9. The van der Waals surface area contributed by atoms with Crippen molar-refractivity contribution in [1.29, 1.82) is 0 Å². The van der Waals surface area contributed by atoms with Crippen molar-refractivity contribution >= 4 is 35.0 Å². The van der Waals surface area contributed by atoms with E-state index < -0.39 is 131 Å². The van der Waals surface area contributed by atoms with E-state index in [2.05, 4.69) is 9.97 Å². The number of fused-ring (bicyclic) bond motifs is 2. The van der Waals surface area contributed by atoms with Gasteiger partial charge in [-0.15, -0.1) is 0 Å². The Bertz CT molecular complexity index is 4030. The van der Waals surface area contributed by atoms with Crippen LogP contribution in [0, 0.1) is 0 Å². The zero-order chi connectivity index (χ0) is 73.6. The summed E-state index contributed by atoms with van der Waals surface area (Å²) in [4.78, 5) is 67.1. The molecule has 548 valence electrons. The molecule has 0 spiro atoms. The number of alkyl halides is 12. The third-order valence-electron chi connectivity index (χ3n) is 21.0. The van der Waals surface area contributed by atoms with Crippen molar-refractivity contribution in [2.45, 2.75) is 150 Å².